The molecule has 0 aliphatic rings. The number of hydrogen-bond acceptors (Lipinski definition) is 5. The number of aromatic nitrogens is 3. The number of benzene rings is 1. The van der Waals surface area contributed by atoms with Crippen LogP contribution in [0.2, 0.25) is 0 Å². The highest BCUT2D eigenvalue weighted by molar-refractivity contribution is 7.99. The van der Waals surface area contributed by atoms with Crippen molar-refractivity contribution < 1.29 is 5.11 Å². The van der Waals surface area contributed by atoms with E-state index in [1.807, 2.05) is 37.3 Å². The quantitative estimate of drug-likeness (QED) is 0.443. The molecule has 0 bridgehead atoms. The molecule has 5 nitrogen and oxygen atoms in total. The maximum Gasteiger partial charge on any atom is 0.267 e. The lowest BCUT2D eigenvalue weighted by Gasteiger charge is -2.12. The molecular formula is C17H17N3O2S. The summed E-state index contributed by atoms with van der Waals surface area (Å²) in [5, 5.41) is 10.1. The summed E-state index contributed by atoms with van der Waals surface area (Å²) in [6, 6.07) is 11.1. The van der Waals surface area contributed by atoms with E-state index < -0.39 is 0 Å². The first-order valence-corrected chi connectivity index (χ1v) is 8.38. The molecule has 0 radical (unpaired) electrons. The Morgan fingerprint density at radius 2 is 2.04 bits per heavy atom. The summed E-state index contributed by atoms with van der Waals surface area (Å²) in [6.45, 7) is 2.07. The lowest BCUT2D eigenvalue weighted by atomic mass is 10.2. The molecule has 118 valence electrons. The zero-order chi connectivity index (χ0) is 16.2. The molecule has 2 heterocycles. The van der Waals surface area contributed by atoms with Crippen molar-refractivity contribution in [1.29, 1.82) is 0 Å². The molecule has 0 unspecified atom stereocenters. The topological polar surface area (TPSA) is 68.0 Å². The predicted octanol–water partition coefficient (Wildman–Crippen LogP) is 2.56. The van der Waals surface area contributed by atoms with E-state index in [1.54, 1.807) is 16.8 Å². The van der Waals surface area contributed by atoms with E-state index in [9.17, 15) is 4.79 Å². The Kier molecular flexibility index (Phi) is 4.73. The van der Waals surface area contributed by atoms with Gasteiger partial charge in [-0.25, -0.2) is 14.5 Å². The summed E-state index contributed by atoms with van der Waals surface area (Å²) < 4.78 is 1.55. The minimum absolute atomic E-state index is 0.119. The minimum atomic E-state index is -0.126. The smallest absolute Gasteiger partial charge is 0.267 e. The van der Waals surface area contributed by atoms with E-state index in [4.69, 9.17) is 5.11 Å². The van der Waals surface area contributed by atoms with E-state index in [0.717, 1.165) is 5.56 Å². The highest BCUT2D eigenvalue weighted by Gasteiger charge is 2.13. The summed E-state index contributed by atoms with van der Waals surface area (Å²) in [4.78, 5) is 21.9. The Morgan fingerprint density at radius 3 is 2.78 bits per heavy atom. The van der Waals surface area contributed by atoms with E-state index in [-0.39, 0.29) is 12.2 Å². The predicted molar refractivity (Wildman–Crippen MR) is 92.3 cm³/mol. The van der Waals surface area contributed by atoms with Crippen LogP contribution in [0.1, 0.15) is 12.0 Å². The molecular weight excluding hydrogens is 310 g/mol. The van der Waals surface area contributed by atoms with E-state index in [0.29, 0.717) is 34.1 Å². The zero-order valence-corrected chi connectivity index (χ0v) is 13.6. The zero-order valence-electron chi connectivity index (χ0n) is 12.8. The van der Waals surface area contributed by atoms with Crippen LogP contribution in [0.3, 0.4) is 0 Å². The molecule has 3 aromatic rings. The van der Waals surface area contributed by atoms with Gasteiger partial charge in [0, 0.05) is 18.6 Å². The highest BCUT2D eigenvalue weighted by atomic mass is 32.2. The fourth-order valence-corrected chi connectivity index (χ4v) is 3.16. The first-order chi connectivity index (χ1) is 11.2. The van der Waals surface area contributed by atoms with Crippen molar-refractivity contribution in [2.24, 2.45) is 0 Å². The third-order valence-corrected chi connectivity index (χ3v) is 4.43. The molecule has 1 N–H and O–H groups in total. The molecule has 0 fully saturated rings. The molecule has 0 aliphatic carbocycles. The van der Waals surface area contributed by atoms with Crippen molar-refractivity contribution in [1.82, 2.24) is 14.5 Å². The number of aryl methyl sites for hydroxylation is 1. The molecule has 0 saturated carbocycles. The summed E-state index contributed by atoms with van der Waals surface area (Å²) in [5.41, 5.74) is 1.58. The van der Waals surface area contributed by atoms with Crippen molar-refractivity contribution in [2.45, 2.75) is 18.5 Å². The average Bonchev–Trinajstić information content (AvgIpc) is 2.57. The van der Waals surface area contributed by atoms with Gasteiger partial charge in [-0.3, -0.25) is 4.79 Å². The number of pyridine rings is 1. The van der Waals surface area contributed by atoms with Gasteiger partial charge in [-0.1, -0.05) is 30.0 Å². The van der Waals surface area contributed by atoms with Gasteiger partial charge in [-0.2, -0.15) is 0 Å². The first-order valence-electron chi connectivity index (χ1n) is 7.39. The Balaban J connectivity index is 2.19. The Bertz CT molecular complexity index is 875. The van der Waals surface area contributed by atoms with Crippen molar-refractivity contribution in [3.63, 3.8) is 0 Å². The number of fused-ring (bicyclic) bond motifs is 1. The second kappa shape index (κ2) is 6.93. The van der Waals surface area contributed by atoms with Crippen LogP contribution < -0.4 is 5.56 Å². The molecule has 3 rings (SSSR count). The van der Waals surface area contributed by atoms with Gasteiger partial charge in [-0.15, -0.1) is 0 Å². The molecule has 0 amide bonds. The van der Waals surface area contributed by atoms with E-state index >= 15 is 0 Å². The first kappa shape index (κ1) is 15.7. The number of aliphatic hydroxyl groups is 1. The molecule has 23 heavy (non-hydrogen) atoms. The van der Waals surface area contributed by atoms with Gasteiger partial charge >= 0.3 is 0 Å². The molecule has 6 heteroatoms. The second-order valence-corrected chi connectivity index (χ2v) is 6.23. The Hall–Kier alpha value is -2.18. The normalized spacial score (nSPS) is 11.0. The summed E-state index contributed by atoms with van der Waals surface area (Å²) in [6.07, 6.45) is 2.38. The van der Waals surface area contributed by atoms with Gasteiger partial charge in [-0.05, 0) is 37.1 Å². The minimum Gasteiger partial charge on any atom is -0.396 e. The van der Waals surface area contributed by atoms with Crippen LogP contribution in [-0.2, 0) is 0 Å². The lowest BCUT2D eigenvalue weighted by Crippen LogP contribution is -2.22. The second-order valence-electron chi connectivity index (χ2n) is 5.17. The largest absolute Gasteiger partial charge is 0.396 e. The highest BCUT2D eigenvalue weighted by Crippen LogP contribution is 2.21. The maximum atomic E-state index is 12.9. The number of aliphatic hydroxyl groups excluding tert-OH is 1. The van der Waals surface area contributed by atoms with Gasteiger partial charge in [0.1, 0.15) is 5.82 Å². The lowest BCUT2D eigenvalue weighted by molar-refractivity contribution is 0.296. The molecule has 0 spiro atoms. The van der Waals surface area contributed by atoms with E-state index in [1.165, 1.54) is 11.8 Å². The van der Waals surface area contributed by atoms with Gasteiger partial charge < -0.3 is 5.11 Å². The number of hydrogen-bond donors (Lipinski definition) is 1. The fourth-order valence-electron chi connectivity index (χ4n) is 2.23. The van der Waals surface area contributed by atoms with Crippen LogP contribution in [0.5, 0.6) is 0 Å². The van der Waals surface area contributed by atoms with Gasteiger partial charge in [0.25, 0.3) is 5.56 Å². The van der Waals surface area contributed by atoms with Crippen LogP contribution >= 0.6 is 11.8 Å². The van der Waals surface area contributed by atoms with Crippen LogP contribution in [0.15, 0.2) is 52.5 Å². The van der Waals surface area contributed by atoms with Crippen LogP contribution in [0.4, 0.5) is 0 Å². The van der Waals surface area contributed by atoms with Crippen LogP contribution in [0, 0.1) is 6.92 Å². The fraction of sp³-hybridized carbons (Fsp3) is 0.235. The van der Waals surface area contributed by atoms with Crippen molar-refractivity contribution in [3.8, 4) is 5.82 Å². The molecule has 2 aromatic heterocycles. The van der Waals surface area contributed by atoms with Crippen LogP contribution in [0.25, 0.3) is 16.7 Å². The van der Waals surface area contributed by atoms with Crippen molar-refractivity contribution in [2.75, 3.05) is 12.4 Å². The molecule has 0 aliphatic heterocycles. The average molecular weight is 327 g/mol. The number of nitrogens with zero attached hydrogens (tertiary/aromatic N) is 3. The van der Waals surface area contributed by atoms with Crippen LogP contribution in [-0.4, -0.2) is 32.0 Å². The summed E-state index contributed by atoms with van der Waals surface area (Å²) in [7, 11) is 0. The Morgan fingerprint density at radius 1 is 1.22 bits per heavy atom. The van der Waals surface area contributed by atoms with Gasteiger partial charge in [0.15, 0.2) is 5.16 Å². The third kappa shape index (κ3) is 3.28. The number of rotatable bonds is 5. The summed E-state index contributed by atoms with van der Waals surface area (Å²) >= 11 is 1.45. The monoisotopic (exact) mass is 327 g/mol. The number of thioether (sulfide) groups is 1. The standard InChI is InChI=1S/C17H17N3O2S/c1-12-7-8-15(18-11-12)20-16(22)13-5-2-3-6-14(13)19-17(20)23-10-4-9-21/h2-3,5-8,11,21H,4,9-10H2,1H3. The van der Waals surface area contributed by atoms with Gasteiger partial charge in [0.05, 0.1) is 10.9 Å². The third-order valence-electron chi connectivity index (χ3n) is 3.40. The van der Waals surface area contributed by atoms with Crippen molar-refractivity contribution >= 4 is 22.7 Å². The molecule has 0 atom stereocenters. The van der Waals surface area contributed by atoms with E-state index in [2.05, 4.69) is 9.97 Å². The van der Waals surface area contributed by atoms with Gasteiger partial charge in [0.2, 0.25) is 0 Å². The summed E-state index contributed by atoms with van der Waals surface area (Å²) in [5.74, 6) is 1.25. The molecule has 0 saturated heterocycles. The maximum absolute atomic E-state index is 12.9. The Labute approximate surface area is 138 Å². The molecule has 1 aromatic carbocycles. The number of para-hydroxylation sites is 1. The SMILES string of the molecule is Cc1ccc(-n2c(SCCCO)nc3ccccc3c2=O)nc1. The van der Waals surface area contributed by atoms with Crippen molar-refractivity contribution in [3.05, 3.63) is 58.5 Å².